The van der Waals surface area contributed by atoms with E-state index in [-0.39, 0.29) is 0 Å². The molecule has 2 atom stereocenters. The molecule has 0 amide bonds. The lowest BCUT2D eigenvalue weighted by molar-refractivity contribution is 0.00693. The number of hydrogen-bond donors (Lipinski definition) is 1. The molecule has 0 heterocycles. The van der Waals surface area contributed by atoms with Crippen LogP contribution in [0.2, 0.25) is 0 Å². The summed E-state index contributed by atoms with van der Waals surface area (Å²) in [6.07, 6.45) is 8.36. The number of rotatable bonds is 5. The Morgan fingerprint density at radius 3 is 2.61 bits per heavy atom. The van der Waals surface area contributed by atoms with Gasteiger partial charge in [-0.05, 0) is 45.7 Å². The van der Waals surface area contributed by atoms with Gasteiger partial charge in [0.05, 0.1) is 6.10 Å². The van der Waals surface area contributed by atoms with Crippen LogP contribution in [-0.2, 0) is 4.74 Å². The maximum Gasteiger partial charge on any atom is 0.0601 e. The van der Waals surface area contributed by atoms with Crippen LogP contribution in [0.25, 0.3) is 0 Å². The smallest absolute Gasteiger partial charge is 0.0601 e. The maximum absolute atomic E-state index is 5.35. The summed E-state index contributed by atoms with van der Waals surface area (Å²) in [6.45, 7) is 3.55. The van der Waals surface area contributed by atoms with Gasteiger partial charge in [-0.3, -0.25) is 0 Å². The van der Waals surface area contributed by atoms with Crippen molar-refractivity contribution in [1.82, 2.24) is 10.2 Å². The van der Waals surface area contributed by atoms with E-state index in [4.69, 9.17) is 4.74 Å². The van der Waals surface area contributed by atoms with Crippen molar-refractivity contribution in [1.29, 1.82) is 0 Å². The Bertz CT molecular complexity index is 263. The Balaban J connectivity index is 1.83. The van der Waals surface area contributed by atoms with Gasteiger partial charge in [-0.2, -0.15) is 0 Å². The monoisotopic (exact) mass is 254 g/mol. The highest BCUT2D eigenvalue weighted by Gasteiger charge is 2.38. The van der Waals surface area contributed by atoms with E-state index in [9.17, 15) is 0 Å². The van der Waals surface area contributed by atoms with Crippen LogP contribution in [0.3, 0.4) is 0 Å². The lowest BCUT2D eigenvalue weighted by Gasteiger charge is -2.47. The fraction of sp³-hybridized carbons (Fsp3) is 1.00. The molecule has 18 heavy (non-hydrogen) atoms. The third-order valence-corrected chi connectivity index (χ3v) is 5.16. The molecule has 0 aromatic heterocycles. The first-order chi connectivity index (χ1) is 8.55. The molecule has 2 aliphatic carbocycles. The molecule has 0 bridgehead atoms. The summed E-state index contributed by atoms with van der Waals surface area (Å²) < 4.78 is 5.35. The normalized spacial score (nSPS) is 40.8. The van der Waals surface area contributed by atoms with Crippen LogP contribution < -0.4 is 5.32 Å². The van der Waals surface area contributed by atoms with Gasteiger partial charge in [0, 0.05) is 25.2 Å². The molecule has 0 spiro atoms. The Morgan fingerprint density at radius 2 is 2.06 bits per heavy atom. The zero-order valence-corrected chi connectivity index (χ0v) is 12.5. The lowest BCUT2D eigenvalue weighted by atomic mass is 9.75. The van der Waals surface area contributed by atoms with Crippen molar-refractivity contribution in [3.63, 3.8) is 0 Å². The fourth-order valence-corrected chi connectivity index (χ4v) is 3.62. The van der Waals surface area contributed by atoms with E-state index in [2.05, 4.69) is 31.2 Å². The highest BCUT2D eigenvalue weighted by Crippen LogP contribution is 2.35. The van der Waals surface area contributed by atoms with Gasteiger partial charge >= 0.3 is 0 Å². The number of nitrogens with zero attached hydrogens (tertiary/aromatic N) is 1. The maximum atomic E-state index is 5.35. The highest BCUT2D eigenvalue weighted by molar-refractivity contribution is 4.97. The van der Waals surface area contributed by atoms with Gasteiger partial charge in [-0.1, -0.05) is 19.8 Å². The molecule has 0 aromatic rings. The molecule has 106 valence electrons. The largest absolute Gasteiger partial charge is 0.381 e. The second kappa shape index (κ2) is 5.89. The Kier molecular flexibility index (Phi) is 4.68. The van der Waals surface area contributed by atoms with Crippen LogP contribution in [0.4, 0.5) is 0 Å². The second-order valence-electron chi connectivity index (χ2n) is 6.73. The first-order valence-electron chi connectivity index (χ1n) is 7.49. The molecule has 3 heteroatoms. The minimum atomic E-state index is 0.385. The topological polar surface area (TPSA) is 24.5 Å². The summed E-state index contributed by atoms with van der Waals surface area (Å²) in [5.41, 5.74) is 0.385. The lowest BCUT2D eigenvalue weighted by Crippen LogP contribution is -2.57. The number of likely N-dealkylation sites (N-methyl/N-ethyl adjacent to an activating group) is 1. The quantitative estimate of drug-likeness (QED) is 0.814. The van der Waals surface area contributed by atoms with Gasteiger partial charge in [0.2, 0.25) is 0 Å². The first kappa shape index (κ1) is 14.3. The molecule has 0 saturated heterocycles. The van der Waals surface area contributed by atoms with E-state index < -0.39 is 0 Å². The summed E-state index contributed by atoms with van der Waals surface area (Å²) in [6, 6.07) is 0.684. The predicted octanol–water partition coefficient (Wildman–Crippen LogP) is 2.26. The Labute approximate surface area is 112 Å². The molecule has 1 N–H and O–H groups in total. The summed E-state index contributed by atoms with van der Waals surface area (Å²) in [5, 5.41) is 3.77. The highest BCUT2D eigenvalue weighted by atomic mass is 16.5. The van der Waals surface area contributed by atoms with Crippen molar-refractivity contribution in [3.8, 4) is 0 Å². The molecule has 2 fully saturated rings. The van der Waals surface area contributed by atoms with Crippen LogP contribution in [-0.4, -0.2) is 50.3 Å². The van der Waals surface area contributed by atoms with E-state index >= 15 is 0 Å². The van der Waals surface area contributed by atoms with Crippen molar-refractivity contribution in [2.24, 2.45) is 5.92 Å². The second-order valence-corrected chi connectivity index (χ2v) is 6.73. The third kappa shape index (κ3) is 3.06. The first-order valence-corrected chi connectivity index (χ1v) is 7.49. The average molecular weight is 254 g/mol. The van der Waals surface area contributed by atoms with Crippen molar-refractivity contribution in [2.75, 3.05) is 27.7 Å². The van der Waals surface area contributed by atoms with Crippen molar-refractivity contribution >= 4 is 0 Å². The molecule has 2 rings (SSSR count). The summed E-state index contributed by atoms with van der Waals surface area (Å²) in [5.74, 6) is 0.871. The van der Waals surface area contributed by atoms with Crippen LogP contribution in [0.15, 0.2) is 0 Å². The standard InChI is InChI=1S/C15H30N2O/c1-12-6-5-7-15(10-12,17(2)3)11-16-13-8-14(9-13)18-4/h12-14,16H,5-11H2,1-4H3. The number of nitrogens with one attached hydrogen (secondary N) is 1. The average Bonchev–Trinajstić information content (AvgIpc) is 2.27. The zero-order chi connectivity index (χ0) is 13.2. The van der Waals surface area contributed by atoms with Crippen LogP contribution in [0, 0.1) is 5.92 Å². The van der Waals surface area contributed by atoms with E-state index in [1.807, 2.05) is 7.11 Å². The molecule has 0 aromatic carbocycles. The molecule has 0 radical (unpaired) electrons. The molecular weight excluding hydrogens is 224 g/mol. The van der Waals surface area contributed by atoms with Gasteiger partial charge in [-0.25, -0.2) is 0 Å². The Morgan fingerprint density at radius 1 is 1.33 bits per heavy atom. The van der Waals surface area contributed by atoms with Gasteiger partial charge in [-0.15, -0.1) is 0 Å². The Hall–Kier alpha value is -0.120. The molecule has 0 aliphatic heterocycles. The van der Waals surface area contributed by atoms with Crippen LogP contribution in [0.5, 0.6) is 0 Å². The molecule has 2 unspecified atom stereocenters. The van der Waals surface area contributed by atoms with Gasteiger partial charge in [0.25, 0.3) is 0 Å². The van der Waals surface area contributed by atoms with Crippen molar-refractivity contribution < 1.29 is 4.74 Å². The number of hydrogen-bond acceptors (Lipinski definition) is 3. The molecule has 2 aliphatic rings. The predicted molar refractivity (Wildman–Crippen MR) is 75.9 cm³/mol. The number of ether oxygens (including phenoxy) is 1. The van der Waals surface area contributed by atoms with E-state index in [0.29, 0.717) is 17.7 Å². The minimum Gasteiger partial charge on any atom is -0.381 e. The van der Waals surface area contributed by atoms with Gasteiger partial charge < -0.3 is 15.0 Å². The van der Waals surface area contributed by atoms with Crippen molar-refractivity contribution in [2.45, 2.75) is 63.1 Å². The van der Waals surface area contributed by atoms with Crippen molar-refractivity contribution in [3.05, 3.63) is 0 Å². The summed E-state index contributed by atoms with van der Waals surface area (Å²) in [4.78, 5) is 2.46. The van der Waals surface area contributed by atoms with E-state index in [1.165, 1.54) is 38.5 Å². The summed E-state index contributed by atoms with van der Waals surface area (Å²) in [7, 11) is 6.32. The fourth-order valence-electron chi connectivity index (χ4n) is 3.62. The van der Waals surface area contributed by atoms with Gasteiger partial charge in [0.15, 0.2) is 0 Å². The third-order valence-electron chi connectivity index (χ3n) is 5.16. The molecule has 2 saturated carbocycles. The zero-order valence-electron chi connectivity index (χ0n) is 12.5. The SMILES string of the molecule is COC1CC(NCC2(N(C)C)CCCC(C)C2)C1. The molecular formula is C15H30N2O. The molecule has 3 nitrogen and oxygen atoms in total. The van der Waals surface area contributed by atoms with Crippen LogP contribution in [0.1, 0.15) is 45.4 Å². The van der Waals surface area contributed by atoms with E-state index in [1.54, 1.807) is 0 Å². The van der Waals surface area contributed by atoms with E-state index in [0.717, 1.165) is 12.5 Å². The minimum absolute atomic E-state index is 0.385. The number of methoxy groups -OCH3 is 1. The summed E-state index contributed by atoms with van der Waals surface area (Å²) >= 11 is 0. The van der Waals surface area contributed by atoms with Crippen LogP contribution >= 0.6 is 0 Å². The van der Waals surface area contributed by atoms with Gasteiger partial charge in [0.1, 0.15) is 0 Å².